The topological polar surface area (TPSA) is 110 Å². The number of rotatable bonds is 5. The van der Waals surface area contributed by atoms with Crippen LogP contribution in [0, 0.1) is 10.1 Å². The Morgan fingerprint density at radius 2 is 2.05 bits per heavy atom. The summed E-state index contributed by atoms with van der Waals surface area (Å²) in [5.41, 5.74) is -0.854. The van der Waals surface area contributed by atoms with E-state index in [2.05, 4.69) is 0 Å². The molecule has 8 heteroatoms. The van der Waals surface area contributed by atoms with Gasteiger partial charge in [-0.15, -0.1) is 0 Å². The second-order valence-electron chi connectivity index (χ2n) is 3.79. The van der Waals surface area contributed by atoms with Crippen molar-refractivity contribution in [1.82, 2.24) is 4.90 Å². The van der Waals surface area contributed by atoms with Crippen LogP contribution in [-0.4, -0.2) is 47.5 Å². The third-order valence-electron chi connectivity index (χ3n) is 2.26. The summed E-state index contributed by atoms with van der Waals surface area (Å²) in [5.74, 6) is -2.22. The molecular formula is C11H12N2O6. The normalized spacial score (nSPS) is 9.79. The highest BCUT2D eigenvalue weighted by atomic mass is 16.6. The molecule has 0 fully saturated rings. The van der Waals surface area contributed by atoms with Crippen LogP contribution in [0.5, 0.6) is 5.75 Å². The van der Waals surface area contributed by atoms with Gasteiger partial charge in [0.15, 0.2) is 6.61 Å². The van der Waals surface area contributed by atoms with Crippen molar-refractivity contribution >= 4 is 17.6 Å². The Morgan fingerprint density at radius 1 is 1.42 bits per heavy atom. The third-order valence-corrected chi connectivity index (χ3v) is 2.26. The third kappa shape index (κ3) is 3.41. The zero-order valence-corrected chi connectivity index (χ0v) is 10.3. The van der Waals surface area contributed by atoms with Gasteiger partial charge in [-0.1, -0.05) is 6.07 Å². The van der Waals surface area contributed by atoms with Crippen LogP contribution < -0.4 is 4.74 Å². The molecule has 102 valence electrons. The molecule has 0 unspecified atom stereocenters. The molecule has 1 amide bonds. The molecular weight excluding hydrogens is 256 g/mol. The summed E-state index contributed by atoms with van der Waals surface area (Å²) in [7, 11) is 2.98. The SMILES string of the molecule is CN(C)C(=O)COc1c(C(=O)O)cccc1[N+](=O)[O-]. The van der Waals surface area contributed by atoms with Gasteiger partial charge < -0.3 is 14.7 Å². The number of likely N-dealkylation sites (N-methyl/N-ethyl adjacent to an activating group) is 1. The zero-order valence-electron chi connectivity index (χ0n) is 10.3. The summed E-state index contributed by atoms with van der Waals surface area (Å²) in [6.45, 7) is -0.474. The molecule has 0 aliphatic heterocycles. The summed E-state index contributed by atoms with van der Waals surface area (Å²) < 4.78 is 5.00. The van der Waals surface area contributed by atoms with E-state index in [1.807, 2.05) is 0 Å². The minimum atomic E-state index is -1.36. The number of ether oxygens (including phenoxy) is 1. The van der Waals surface area contributed by atoms with Gasteiger partial charge in [-0.05, 0) is 6.07 Å². The van der Waals surface area contributed by atoms with Crippen molar-refractivity contribution in [2.45, 2.75) is 0 Å². The van der Waals surface area contributed by atoms with Gasteiger partial charge in [-0.25, -0.2) is 4.79 Å². The van der Waals surface area contributed by atoms with Gasteiger partial charge >= 0.3 is 11.7 Å². The van der Waals surface area contributed by atoms with Crippen molar-refractivity contribution in [3.8, 4) is 5.75 Å². The first kappa shape index (κ1) is 14.4. The van der Waals surface area contributed by atoms with Crippen molar-refractivity contribution < 1.29 is 24.4 Å². The van der Waals surface area contributed by atoms with Crippen molar-refractivity contribution in [2.24, 2.45) is 0 Å². The van der Waals surface area contributed by atoms with E-state index in [0.29, 0.717) is 0 Å². The first-order valence-electron chi connectivity index (χ1n) is 5.18. The Hall–Kier alpha value is -2.64. The van der Waals surface area contributed by atoms with E-state index in [1.54, 1.807) is 0 Å². The molecule has 1 aromatic rings. The lowest BCUT2D eigenvalue weighted by molar-refractivity contribution is -0.385. The molecule has 0 aliphatic rings. The molecule has 0 heterocycles. The number of carboxylic acids is 1. The fraction of sp³-hybridized carbons (Fsp3) is 0.273. The number of aromatic carboxylic acids is 1. The van der Waals surface area contributed by atoms with Crippen LogP contribution >= 0.6 is 0 Å². The monoisotopic (exact) mass is 268 g/mol. The fourth-order valence-corrected chi connectivity index (χ4v) is 1.25. The summed E-state index contributed by atoms with van der Waals surface area (Å²) >= 11 is 0. The minimum Gasteiger partial charge on any atom is -0.478 e. The molecule has 0 saturated heterocycles. The zero-order chi connectivity index (χ0) is 14.6. The van der Waals surface area contributed by atoms with Crippen LogP contribution in [0.15, 0.2) is 18.2 Å². The van der Waals surface area contributed by atoms with Crippen molar-refractivity contribution in [3.63, 3.8) is 0 Å². The highest BCUT2D eigenvalue weighted by Crippen LogP contribution is 2.30. The smallest absolute Gasteiger partial charge is 0.339 e. The van der Waals surface area contributed by atoms with Crippen LogP contribution in [0.4, 0.5) is 5.69 Å². The number of carbonyl (C=O) groups is 2. The van der Waals surface area contributed by atoms with Gasteiger partial charge in [0.1, 0.15) is 5.56 Å². The summed E-state index contributed by atoms with van der Waals surface area (Å²) in [4.78, 5) is 33.6. The first-order valence-corrected chi connectivity index (χ1v) is 5.18. The molecule has 0 atom stereocenters. The Balaban J connectivity index is 3.11. The van der Waals surface area contributed by atoms with Crippen LogP contribution in [0.3, 0.4) is 0 Å². The number of nitro groups is 1. The van der Waals surface area contributed by atoms with E-state index in [4.69, 9.17) is 9.84 Å². The molecule has 1 rings (SSSR count). The van der Waals surface area contributed by atoms with E-state index in [1.165, 1.54) is 31.1 Å². The van der Waals surface area contributed by atoms with E-state index in [9.17, 15) is 19.7 Å². The lowest BCUT2D eigenvalue weighted by Crippen LogP contribution is -2.28. The molecule has 8 nitrogen and oxygen atoms in total. The van der Waals surface area contributed by atoms with Crippen molar-refractivity contribution in [3.05, 3.63) is 33.9 Å². The molecule has 1 aromatic carbocycles. The second-order valence-corrected chi connectivity index (χ2v) is 3.79. The fourth-order valence-electron chi connectivity index (χ4n) is 1.25. The van der Waals surface area contributed by atoms with E-state index >= 15 is 0 Å². The lowest BCUT2D eigenvalue weighted by Gasteiger charge is -2.12. The standard InChI is InChI=1S/C11H12N2O6/c1-12(2)9(14)6-19-10-7(11(15)16)4-3-5-8(10)13(17)18/h3-5H,6H2,1-2H3,(H,15,16). The number of benzene rings is 1. The molecule has 0 saturated carbocycles. The maximum atomic E-state index is 11.4. The number of hydrogen-bond acceptors (Lipinski definition) is 5. The van der Waals surface area contributed by atoms with E-state index in [0.717, 1.165) is 6.07 Å². The molecule has 0 bridgehead atoms. The number of para-hydroxylation sites is 1. The Morgan fingerprint density at radius 3 is 2.53 bits per heavy atom. The van der Waals surface area contributed by atoms with E-state index < -0.39 is 34.8 Å². The summed E-state index contributed by atoms with van der Waals surface area (Å²) in [6.07, 6.45) is 0. The Bertz CT molecular complexity index is 494. The van der Waals surface area contributed by atoms with Crippen molar-refractivity contribution in [1.29, 1.82) is 0 Å². The van der Waals surface area contributed by atoms with Crippen LogP contribution in [-0.2, 0) is 4.79 Å². The number of amides is 1. The number of nitro benzene ring substituents is 1. The second kappa shape index (κ2) is 5.80. The predicted octanol–water partition coefficient (Wildman–Crippen LogP) is 0.760. The molecule has 0 aromatic heterocycles. The number of carbonyl (C=O) groups excluding carboxylic acids is 1. The Labute approximate surface area is 108 Å². The summed E-state index contributed by atoms with van der Waals surface area (Å²) in [5, 5.41) is 19.8. The van der Waals surface area contributed by atoms with Gasteiger partial charge in [0.05, 0.1) is 4.92 Å². The summed E-state index contributed by atoms with van der Waals surface area (Å²) in [6, 6.07) is 3.52. The number of nitrogens with zero attached hydrogens (tertiary/aromatic N) is 2. The predicted molar refractivity (Wildman–Crippen MR) is 64.2 cm³/mol. The van der Waals surface area contributed by atoms with Gasteiger partial charge in [-0.3, -0.25) is 14.9 Å². The van der Waals surface area contributed by atoms with Crippen LogP contribution in [0.2, 0.25) is 0 Å². The number of carboxylic acid groups (broad SMARTS) is 1. The highest BCUT2D eigenvalue weighted by molar-refractivity contribution is 5.92. The molecule has 19 heavy (non-hydrogen) atoms. The Kier molecular flexibility index (Phi) is 4.41. The largest absolute Gasteiger partial charge is 0.478 e. The minimum absolute atomic E-state index is 0.360. The average molecular weight is 268 g/mol. The van der Waals surface area contributed by atoms with E-state index in [-0.39, 0.29) is 5.56 Å². The molecule has 0 spiro atoms. The number of hydrogen-bond donors (Lipinski definition) is 1. The van der Waals surface area contributed by atoms with Gasteiger partial charge in [0.2, 0.25) is 5.75 Å². The maximum absolute atomic E-state index is 11.4. The maximum Gasteiger partial charge on any atom is 0.339 e. The molecule has 1 N–H and O–H groups in total. The molecule has 0 aliphatic carbocycles. The van der Waals surface area contributed by atoms with Crippen LogP contribution in [0.25, 0.3) is 0 Å². The molecule has 0 radical (unpaired) electrons. The first-order chi connectivity index (χ1) is 8.84. The van der Waals surface area contributed by atoms with Crippen LogP contribution in [0.1, 0.15) is 10.4 Å². The van der Waals surface area contributed by atoms with Gasteiger partial charge in [0, 0.05) is 20.2 Å². The van der Waals surface area contributed by atoms with Crippen molar-refractivity contribution in [2.75, 3.05) is 20.7 Å². The average Bonchev–Trinajstić information content (AvgIpc) is 2.34. The lowest BCUT2D eigenvalue weighted by atomic mass is 10.1. The quantitative estimate of drug-likeness (QED) is 0.623. The van der Waals surface area contributed by atoms with Gasteiger partial charge in [-0.2, -0.15) is 0 Å². The van der Waals surface area contributed by atoms with Gasteiger partial charge in [0.25, 0.3) is 5.91 Å². The highest BCUT2D eigenvalue weighted by Gasteiger charge is 2.23.